The maximum Gasteiger partial charge on any atom is 0.407 e. The van der Waals surface area contributed by atoms with Crippen molar-refractivity contribution in [2.45, 2.75) is 12.3 Å². The molecule has 0 atom stereocenters. The summed E-state index contributed by atoms with van der Waals surface area (Å²) in [4.78, 5) is 19.8. The number of hydrogen-bond donors (Lipinski definition) is 2. The third-order valence-electron chi connectivity index (χ3n) is 5.75. The first-order chi connectivity index (χ1) is 15.7. The Labute approximate surface area is 194 Å². The predicted octanol–water partition coefficient (Wildman–Crippen LogP) is 6.27. The molecule has 1 amide bonds. The molecule has 2 aromatic carbocycles. The van der Waals surface area contributed by atoms with Crippen molar-refractivity contribution >= 4 is 39.1 Å². The smallest absolute Gasteiger partial charge is 0.407 e. The number of amides is 1. The van der Waals surface area contributed by atoms with Crippen molar-refractivity contribution in [1.29, 1.82) is 0 Å². The molecule has 1 aliphatic carbocycles. The molecule has 0 aliphatic heterocycles. The van der Waals surface area contributed by atoms with Gasteiger partial charge >= 0.3 is 6.09 Å². The van der Waals surface area contributed by atoms with Gasteiger partial charge in [-0.2, -0.15) is 0 Å². The molecule has 0 unspecified atom stereocenters. The number of aromatic amines is 1. The molecule has 32 heavy (non-hydrogen) atoms. The SMILES string of the molecule is O=C(NCCC=Cc1c[nH]c2ncc(Br)cc12)OCC1c2ccccc2-c2ccccc21. The van der Waals surface area contributed by atoms with Gasteiger partial charge in [0.05, 0.1) is 0 Å². The summed E-state index contributed by atoms with van der Waals surface area (Å²) in [5, 5.41) is 3.90. The van der Waals surface area contributed by atoms with Crippen LogP contribution in [0.2, 0.25) is 0 Å². The molecule has 5 nitrogen and oxygen atoms in total. The van der Waals surface area contributed by atoms with Crippen molar-refractivity contribution in [3.8, 4) is 11.1 Å². The quantitative estimate of drug-likeness (QED) is 0.315. The van der Waals surface area contributed by atoms with Gasteiger partial charge in [-0.15, -0.1) is 0 Å². The number of rotatable bonds is 6. The topological polar surface area (TPSA) is 67.0 Å². The van der Waals surface area contributed by atoms with Crippen LogP contribution in [0.4, 0.5) is 4.79 Å². The Hall–Kier alpha value is -3.38. The van der Waals surface area contributed by atoms with Crippen LogP contribution in [0.3, 0.4) is 0 Å². The van der Waals surface area contributed by atoms with Gasteiger partial charge in [-0.1, -0.05) is 60.7 Å². The molecule has 160 valence electrons. The zero-order valence-electron chi connectivity index (χ0n) is 17.3. The first kappa shape index (κ1) is 20.5. The van der Waals surface area contributed by atoms with Gasteiger partial charge in [-0.25, -0.2) is 9.78 Å². The number of carbonyl (C=O) groups is 1. The molecule has 6 heteroatoms. The van der Waals surface area contributed by atoms with Gasteiger partial charge < -0.3 is 15.0 Å². The third kappa shape index (κ3) is 4.06. The Morgan fingerprint density at radius 3 is 2.59 bits per heavy atom. The standard InChI is InChI=1S/C26H22BrN3O2/c27-18-13-23-17(14-29-25(23)30-15-18)7-5-6-12-28-26(31)32-16-24-21-10-3-1-8-19(21)20-9-2-4-11-22(20)24/h1-5,7-11,13-15,24H,6,12,16H2,(H,28,31)(H,29,30). The Balaban J connectivity index is 1.14. The summed E-state index contributed by atoms with van der Waals surface area (Å²) >= 11 is 3.46. The Morgan fingerprint density at radius 2 is 1.84 bits per heavy atom. The summed E-state index contributed by atoms with van der Waals surface area (Å²) in [6.45, 7) is 0.838. The molecule has 0 bridgehead atoms. The van der Waals surface area contributed by atoms with E-state index in [-0.39, 0.29) is 12.0 Å². The molecule has 5 rings (SSSR count). The number of H-pyrrole nitrogens is 1. The molecule has 0 saturated carbocycles. The summed E-state index contributed by atoms with van der Waals surface area (Å²) in [6.07, 6.45) is 8.09. The van der Waals surface area contributed by atoms with E-state index in [0.717, 1.165) is 21.1 Å². The second kappa shape index (κ2) is 9.01. The molecule has 0 saturated heterocycles. The van der Waals surface area contributed by atoms with E-state index in [4.69, 9.17) is 4.74 Å². The highest BCUT2D eigenvalue weighted by atomic mass is 79.9. The zero-order valence-corrected chi connectivity index (χ0v) is 18.9. The number of halogens is 1. The van der Waals surface area contributed by atoms with E-state index in [0.29, 0.717) is 19.6 Å². The first-order valence-electron chi connectivity index (χ1n) is 10.6. The highest BCUT2D eigenvalue weighted by Crippen LogP contribution is 2.44. The minimum absolute atomic E-state index is 0.0721. The van der Waals surface area contributed by atoms with Crippen molar-refractivity contribution in [3.05, 3.63) is 94.2 Å². The number of carbonyl (C=O) groups excluding carboxylic acids is 1. The Kier molecular flexibility index (Phi) is 5.77. The highest BCUT2D eigenvalue weighted by molar-refractivity contribution is 9.10. The van der Waals surface area contributed by atoms with Crippen LogP contribution in [0.5, 0.6) is 0 Å². The van der Waals surface area contributed by atoms with Crippen LogP contribution in [0.15, 0.2) is 77.5 Å². The molecule has 0 radical (unpaired) electrons. The van der Waals surface area contributed by atoms with E-state index in [9.17, 15) is 4.79 Å². The number of pyridine rings is 1. The van der Waals surface area contributed by atoms with Gasteiger partial charge in [0.1, 0.15) is 12.3 Å². The van der Waals surface area contributed by atoms with E-state index in [1.807, 2.05) is 48.7 Å². The van der Waals surface area contributed by atoms with Crippen LogP contribution in [0.1, 0.15) is 29.0 Å². The number of aromatic nitrogens is 2. The maximum atomic E-state index is 12.3. The molecule has 4 aromatic rings. The number of hydrogen-bond acceptors (Lipinski definition) is 3. The lowest BCUT2D eigenvalue weighted by molar-refractivity contribution is 0.143. The second-order valence-corrected chi connectivity index (χ2v) is 8.65. The number of ether oxygens (including phenoxy) is 1. The Morgan fingerprint density at radius 1 is 1.12 bits per heavy atom. The van der Waals surface area contributed by atoms with E-state index in [1.54, 1.807) is 6.20 Å². The van der Waals surface area contributed by atoms with Crippen molar-refractivity contribution in [3.63, 3.8) is 0 Å². The average molecular weight is 488 g/mol. The van der Waals surface area contributed by atoms with Crippen LogP contribution < -0.4 is 5.32 Å². The number of nitrogens with one attached hydrogen (secondary N) is 2. The minimum Gasteiger partial charge on any atom is -0.449 e. The molecule has 2 aromatic heterocycles. The van der Waals surface area contributed by atoms with E-state index >= 15 is 0 Å². The molecule has 2 N–H and O–H groups in total. The van der Waals surface area contributed by atoms with Crippen molar-refractivity contribution in [1.82, 2.24) is 15.3 Å². The normalized spacial score (nSPS) is 12.8. The summed E-state index contributed by atoms with van der Waals surface area (Å²) < 4.78 is 6.51. The summed E-state index contributed by atoms with van der Waals surface area (Å²) in [5.41, 5.74) is 6.79. The summed E-state index contributed by atoms with van der Waals surface area (Å²) in [7, 11) is 0. The molecule has 1 aliphatic rings. The minimum atomic E-state index is -0.388. The number of alkyl carbamates (subject to hydrolysis) is 1. The van der Waals surface area contributed by atoms with Gasteiger partial charge in [0.25, 0.3) is 0 Å². The fourth-order valence-electron chi connectivity index (χ4n) is 4.25. The van der Waals surface area contributed by atoms with Gasteiger partial charge in [0.15, 0.2) is 0 Å². The number of benzene rings is 2. The maximum absolute atomic E-state index is 12.3. The highest BCUT2D eigenvalue weighted by Gasteiger charge is 2.28. The fraction of sp³-hybridized carbons (Fsp3) is 0.154. The van der Waals surface area contributed by atoms with Gasteiger partial charge in [0, 0.05) is 40.3 Å². The molecular formula is C26H22BrN3O2. The lowest BCUT2D eigenvalue weighted by Gasteiger charge is -2.14. The molecule has 0 fully saturated rings. The number of fused-ring (bicyclic) bond motifs is 4. The zero-order chi connectivity index (χ0) is 21.9. The van der Waals surface area contributed by atoms with Gasteiger partial charge in [-0.3, -0.25) is 0 Å². The molecule has 2 heterocycles. The van der Waals surface area contributed by atoms with E-state index < -0.39 is 0 Å². The van der Waals surface area contributed by atoms with Crippen LogP contribution in [-0.4, -0.2) is 29.2 Å². The monoisotopic (exact) mass is 487 g/mol. The van der Waals surface area contributed by atoms with Crippen LogP contribution in [0, 0.1) is 0 Å². The predicted molar refractivity (Wildman–Crippen MR) is 131 cm³/mol. The van der Waals surface area contributed by atoms with E-state index in [2.05, 4.69) is 55.5 Å². The van der Waals surface area contributed by atoms with Gasteiger partial charge in [-0.05, 0) is 50.7 Å². The molecular weight excluding hydrogens is 466 g/mol. The molecule has 0 spiro atoms. The van der Waals surface area contributed by atoms with Crippen molar-refractivity contribution in [2.24, 2.45) is 0 Å². The summed E-state index contributed by atoms with van der Waals surface area (Å²) in [6, 6.07) is 18.7. The lowest BCUT2D eigenvalue weighted by atomic mass is 9.98. The van der Waals surface area contributed by atoms with Crippen molar-refractivity contribution < 1.29 is 9.53 Å². The van der Waals surface area contributed by atoms with Crippen molar-refractivity contribution in [2.75, 3.05) is 13.2 Å². The van der Waals surface area contributed by atoms with Crippen LogP contribution in [0.25, 0.3) is 28.2 Å². The number of nitrogens with zero attached hydrogens (tertiary/aromatic N) is 1. The first-order valence-corrected chi connectivity index (χ1v) is 11.4. The average Bonchev–Trinajstić information content (AvgIpc) is 3.36. The van der Waals surface area contributed by atoms with Gasteiger partial charge in [0.2, 0.25) is 0 Å². The Bertz CT molecular complexity index is 1270. The lowest BCUT2D eigenvalue weighted by Crippen LogP contribution is -2.26. The second-order valence-electron chi connectivity index (χ2n) is 7.74. The fourth-order valence-corrected chi connectivity index (χ4v) is 4.58. The summed E-state index contributed by atoms with van der Waals surface area (Å²) in [5.74, 6) is 0.0721. The van der Waals surface area contributed by atoms with E-state index in [1.165, 1.54) is 22.3 Å². The van der Waals surface area contributed by atoms with Crippen LogP contribution >= 0.6 is 15.9 Å². The van der Waals surface area contributed by atoms with Crippen LogP contribution in [-0.2, 0) is 4.74 Å². The largest absolute Gasteiger partial charge is 0.449 e. The third-order valence-corrected chi connectivity index (χ3v) is 6.18.